The van der Waals surface area contributed by atoms with Crippen LogP contribution >= 0.6 is 7.82 Å². The van der Waals surface area contributed by atoms with Gasteiger partial charge in [-0.05, 0) is 44.9 Å². The van der Waals surface area contributed by atoms with Crippen LogP contribution in [0.1, 0.15) is 194 Å². The highest BCUT2D eigenvalue weighted by atomic mass is 31.2. The van der Waals surface area contributed by atoms with Crippen LogP contribution in [0.5, 0.6) is 0 Å². The highest BCUT2D eigenvalue weighted by Crippen LogP contribution is 2.39. The molecule has 0 saturated carbocycles. The van der Waals surface area contributed by atoms with Crippen molar-refractivity contribution in [3.63, 3.8) is 0 Å². The van der Waals surface area contributed by atoms with Crippen molar-refractivity contribution in [3.8, 4) is 0 Å². The largest absolute Gasteiger partial charge is 0.470 e. The highest BCUT2D eigenvalue weighted by Gasteiger charge is 2.36. The van der Waals surface area contributed by atoms with Gasteiger partial charge in [-0.15, -0.1) is 0 Å². The number of Topliss-reactive ketones (excluding diaryl/α,β-unsaturated/α-hetero) is 1. The first-order valence-electron chi connectivity index (χ1n) is 19.6. The van der Waals surface area contributed by atoms with E-state index in [1.165, 1.54) is 89.9 Å². The normalized spacial score (nSPS) is 13.4. The maximum absolute atomic E-state index is 12.9. The third-order valence-corrected chi connectivity index (χ3v) is 9.23. The maximum Gasteiger partial charge on any atom is 0.470 e. The summed E-state index contributed by atoms with van der Waals surface area (Å²) >= 11 is 0. The van der Waals surface area contributed by atoms with E-state index in [1.807, 2.05) is 0 Å². The summed E-state index contributed by atoms with van der Waals surface area (Å²) < 4.78 is 21.6. The summed E-state index contributed by atoms with van der Waals surface area (Å²) in [6.07, 6.45) is 35.4. The molecule has 282 valence electrons. The van der Waals surface area contributed by atoms with Crippen LogP contribution in [-0.4, -0.2) is 45.5 Å². The van der Waals surface area contributed by atoms with Gasteiger partial charge in [-0.25, -0.2) is 4.57 Å². The number of aliphatic hydroxyl groups is 1. The van der Waals surface area contributed by atoms with Crippen LogP contribution in [0.4, 0.5) is 0 Å². The van der Waals surface area contributed by atoms with Crippen molar-refractivity contribution < 1.29 is 38.3 Å². The molecule has 0 aliphatic heterocycles. The number of aliphatic hydroxyl groups excluding tert-OH is 1. The van der Waals surface area contributed by atoms with Gasteiger partial charge in [0, 0.05) is 12.8 Å². The Morgan fingerprint density at radius 1 is 0.583 bits per heavy atom. The molecule has 9 heteroatoms. The van der Waals surface area contributed by atoms with E-state index in [1.54, 1.807) is 0 Å². The van der Waals surface area contributed by atoms with Crippen LogP contribution in [0.15, 0.2) is 24.3 Å². The molecule has 0 aliphatic rings. The quantitative estimate of drug-likeness (QED) is 0.0255. The lowest BCUT2D eigenvalue weighted by molar-refractivity contribution is -0.160. The van der Waals surface area contributed by atoms with Crippen molar-refractivity contribution in [3.05, 3.63) is 24.3 Å². The third-order valence-electron chi connectivity index (χ3n) is 8.73. The maximum atomic E-state index is 12.9. The van der Waals surface area contributed by atoms with Gasteiger partial charge in [0.1, 0.15) is 0 Å². The van der Waals surface area contributed by atoms with E-state index in [-0.39, 0.29) is 12.8 Å². The number of hydrogen-bond donors (Lipinski definition) is 3. The predicted octanol–water partition coefficient (Wildman–Crippen LogP) is 11.0. The first kappa shape index (κ1) is 46.7. The van der Waals surface area contributed by atoms with Gasteiger partial charge in [0.15, 0.2) is 18.0 Å². The number of carbonyl (C=O) groups excluding carboxylic acids is 2. The Kier molecular flexibility index (Phi) is 33.2. The third kappa shape index (κ3) is 31.9. The Morgan fingerprint density at radius 3 is 1.44 bits per heavy atom. The lowest BCUT2D eigenvalue weighted by Gasteiger charge is -2.25. The summed E-state index contributed by atoms with van der Waals surface area (Å²) in [6.45, 7) is 3.70. The van der Waals surface area contributed by atoms with Gasteiger partial charge >= 0.3 is 13.8 Å². The minimum Gasteiger partial charge on any atom is -0.457 e. The molecule has 0 fully saturated rings. The van der Waals surface area contributed by atoms with Crippen molar-refractivity contribution in [1.82, 2.24) is 0 Å². The second-order valence-electron chi connectivity index (χ2n) is 13.4. The summed E-state index contributed by atoms with van der Waals surface area (Å²) in [6, 6.07) is 0. The number of carbonyl (C=O) groups is 2. The van der Waals surface area contributed by atoms with Crippen LogP contribution in [0.2, 0.25) is 0 Å². The zero-order valence-corrected chi connectivity index (χ0v) is 31.7. The lowest BCUT2D eigenvalue weighted by atomic mass is 10.0. The molecular formula is C39H73O8P. The Balaban J connectivity index is 4.17. The molecular weight excluding hydrogens is 627 g/mol. The van der Waals surface area contributed by atoms with E-state index in [0.29, 0.717) is 12.8 Å². The fraction of sp³-hybridized carbons (Fsp3) is 0.846. The molecule has 0 bridgehead atoms. The molecule has 0 aromatic carbocycles. The van der Waals surface area contributed by atoms with Gasteiger partial charge < -0.3 is 19.6 Å². The van der Waals surface area contributed by atoms with Crippen LogP contribution < -0.4 is 0 Å². The van der Waals surface area contributed by atoms with E-state index in [0.717, 1.165) is 64.2 Å². The molecule has 0 aromatic rings. The summed E-state index contributed by atoms with van der Waals surface area (Å²) in [4.78, 5) is 44.1. The van der Waals surface area contributed by atoms with Gasteiger partial charge in [0.2, 0.25) is 0 Å². The molecule has 3 N–H and O–H groups in total. The first-order chi connectivity index (χ1) is 23.2. The smallest absolute Gasteiger partial charge is 0.457 e. The number of ketones is 1. The number of unbranched alkanes of at least 4 members (excludes halogenated alkanes) is 22. The highest BCUT2D eigenvalue weighted by molar-refractivity contribution is 7.46. The van der Waals surface area contributed by atoms with Crippen molar-refractivity contribution in [1.29, 1.82) is 0 Å². The van der Waals surface area contributed by atoms with Gasteiger partial charge in [-0.2, -0.15) is 0 Å². The van der Waals surface area contributed by atoms with Gasteiger partial charge in [-0.1, -0.05) is 160 Å². The van der Waals surface area contributed by atoms with Gasteiger partial charge in [0.25, 0.3) is 0 Å². The topological polar surface area (TPSA) is 130 Å². The number of ether oxygens (including phenoxy) is 1. The summed E-state index contributed by atoms with van der Waals surface area (Å²) in [5, 5.41) is 9.83. The average molecular weight is 701 g/mol. The Labute approximate surface area is 294 Å². The molecule has 2 atom stereocenters. The number of allylic oxidation sites excluding steroid dienone is 4. The molecule has 0 aliphatic carbocycles. The average Bonchev–Trinajstić information content (AvgIpc) is 3.05. The summed E-state index contributed by atoms with van der Waals surface area (Å²) in [5.41, 5.74) is 0. The summed E-state index contributed by atoms with van der Waals surface area (Å²) in [7, 11) is -5.05. The number of esters is 1. The van der Waals surface area contributed by atoms with Crippen molar-refractivity contribution >= 4 is 19.6 Å². The lowest BCUT2D eigenvalue weighted by Crippen LogP contribution is -2.41. The first-order valence-corrected chi connectivity index (χ1v) is 21.1. The molecule has 0 saturated heterocycles. The molecule has 0 spiro atoms. The second kappa shape index (κ2) is 34.2. The standard InChI is InChI=1S/C39H73O8P/c1-3-5-7-9-11-13-15-17-19-21-23-25-27-29-31-33-36(41)39(47-48(43,44)45)37(35-40)46-38(42)34-32-30-28-26-24-22-20-18-16-14-12-10-8-6-4-2/h12,14,18,20,37,39-40H,3-11,13,15-17,19,21-35H2,1-2H3,(H2,43,44,45)/b14-12-,20-18-/t37-,39?/m0/s1. The van der Waals surface area contributed by atoms with Crippen LogP contribution in [-0.2, 0) is 23.4 Å². The molecule has 0 heterocycles. The number of rotatable bonds is 36. The predicted molar refractivity (Wildman–Crippen MR) is 198 cm³/mol. The summed E-state index contributed by atoms with van der Waals surface area (Å²) in [5.74, 6) is -1.18. The van der Waals surface area contributed by atoms with Crippen molar-refractivity contribution in [2.45, 2.75) is 206 Å². The Bertz CT molecular complexity index is 853. The van der Waals surface area contributed by atoms with Crippen LogP contribution in [0.25, 0.3) is 0 Å². The van der Waals surface area contributed by atoms with E-state index in [4.69, 9.17) is 9.26 Å². The second-order valence-corrected chi connectivity index (χ2v) is 14.6. The van der Waals surface area contributed by atoms with Crippen molar-refractivity contribution in [2.75, 3.05) is 6.61 Å². The van der Waals surface area contributed by atoms with Gasteiger partial charge in [0.05, 0.1) is 6.61 Å². The number of hydrogen-bond acceptors (Lipinski definition) is 6. The monoisotopic (exact) mass is 701 g/mol. The molecule has 0 rings (SSSR count). The number of phosphoric ester groups is 1. The molecule has 0 radical (unpaired) electrons. The van der Waals surface area contributed by atoms with E-state index >= 15 is 0 Å². The molecule has 0 aromatic heterocycles. The van der Waals surface area contributed by atoms with E-state index < -0.39 is 38.4 Å². The van der Waals surface area contributed by atoms with Gasteiger partial charge in [-0.3, -0.25) is 14.1 Å². The Hall–Kier alpha value is -1.31. The number of phosphoric acid groups is 1. The molecule has 48 heavy (non-hydrogen) atoms. The molecule has 0 amide bonds. The fourth-order valence-corrected chi connectivity index (χ4v) is 6.35. The van der Waals surface area contributed by atoms with Crippen LogP contribution in [0, 0.1) is 0 Å². The van der Waals surface area contributed by atoms with Crippen LogP contribution in [0.3, 0.4) is 0 Å². The molecule has 1 unspecified atom stereocenters. The minimum atomic E-state index is -5.05. The Morgan fingerprint density at radius 2 is 0.979 bits per heavy atom. The van der Waals surface area contributed by atoms with E-state index in [9.17, 15) is 29.0 Å². The molecule has 8 nitrogen and oxygen atoms in total. The van der Waals surface area contributed by atoms with E-state index in [2.05, 4.69) is 38.2 Å². The SMILES string of the molecule is CCCCC/C=C\C/C=C\CCCCCCCC(=O)O[C@@H](CO)C(OP(=O)(O)O)C(=O)CCCCCCCCCCCCCCCCC. The minimum absolute atomic E-state index is 0.0436. The zero-order valence-electron chi connectivity index (χ0n) is 30.8. The van der Waals surface area contributed by atoms with Crippen molar-refractivity contribution in [2.24, 2.45) is 0 Å². The fourth-order valence-electron chi connectivity index (χ4n) is 5.80. The zero-order chi connectivity index (χ0) is 35.6.